The lowest BCUT2D eigenvalue weighted by atomic mass is 10.0. The normalized spacial score (nSPS) is 10.7. The summed E-state index contributed by atoms with van der Waals surface area (Å²) >= 11 is 0. The van der Waals surface area contributed by atoms with Crippen LogP contribution in [-0.4, -0.2) is 42.7 Å². The first kappa shape index (κ1) is 25.6. The Balaban J connectivity index is 1.82. The molecule has 0 aliphatic heterocycles. The molecule has 3 aromatic carbocycles. The lowest BCUT2D eigenvalue weighted by molar-refractivity contribution is -0.134. The standard InChI is InChI=1S/C28H31NO6/c1-19(2)22-12-8-20(9-13-22)16-29(17-21-10-14-23(33-3)15-11-21)26(30)18-35-27-24(28(31)32)6-5-7-25(27)34-4/h5-15,19H,16-18H2,1-4H3,(H,31,32). The van der Waals surface area contributed by atoms with Gasteiger partial charge in [-0.05, 0) is 46.9 Å². The van der Waals surface area contributed by atoms with Crippen LogP contribution >= 0.6 is 0 Å². The molecule has 1 amide bonds. The average molecular weight is 478 g/mol. The molecule has 3 rings (SSSR count). The smallest absolute Gasteiger partial charge is 0.339 e. The summed E-state index contributed by atoms with van der Waals surface area (Å²) < 4.78 is 16.2. The fourth-order valence-electron chi connectivity index (χ4n) is 3.63. The number of carboxylic acids is 1. The number of amides is 1. The second-order valence-electron chi connectivity index (χ2n) is 8.42. The first-order valence-electron chi connectivity index (χ1n) is 11.3. The molecular weight excluding hydrogens is 446 g/mol. The van der Waals surface area contributed by atoms with Crippen LogP contribution in [0.2, 0.25) is 0 Å². The predicted molar refractivity (Wildman–Crippen MR) is 133 cm³/mol. The van der Waals surface area contributed by atoms with Gasteiger partial charge in [0.1, 0.15) is 11.3 Å². The van der Waals surface area contributed by atoms with Crippen molar-refractivity contribution in [3.63, 3.8) is 0 Å². The highest BCUT2D eigenvalue weighted by Crippen LogP contribution is 2.31. The first-order chi connectivity index (χ1) is 16.8. The molecule has 0 bridgehead atoms. The highest BCUT2D eigenvalue weighted by Gasteiger charge is 2.20. The third-order valence-corrected chi connectivity index (χ3v) is 5.67. The molecule has 3 aromatic rings. The summed E-state index contributed by atoms with van der Waals surface area (Å²) in [5.74, 6) is -0.0109. The Hall–Kier alpha value is -4.00. The second kappa shape index (κ2) is 11.9. The van der Waals surface area contributed by atoms with E-state index < -0.39 is 5.97 Å². The molecule has 0 fully saturated rings. The molecule has 7 nitrogen and oxygen atoms in total. The van der Waals surface area contributed by atoms with Crippen LogP contribution in [0.3, 0.4) is 0 Å². The zero-order valence-electron chi connectivity index (χ0n) is 20.5. The van der Waals surface area contributed by atoms with E-state index in [1.165, 1.54) is 18.7 Å². The summed E-state index contributed by atoms with van der Waals surface area (Å²) in [4.78, 5) is 26.6. The number of methoxy groups -OCH3 is 2. The number of hydrogen-bond acceptors (Lipinski definition) is 5. The van der Waals surface area contributed by atoms with E-state index in [1.807, 2.05) is 36.4 Å². The van der Waals surface area contributed by atoms with Gasteiger partial charge in [0.05, 0.1) is 14.2 Å². The molecule has 0 saturated heterocycles. The average Bonchev–Trinajstić information content (AvgIpc) is 2.87. The second-order valence-corrected chi connectivity index (χ2v) is 8.42. The van der Waals surface area contributed by atoms with Crippen molar-refractivity contribution in [2.24, 2.45) is 0 Å². The van der Waals surface area contributed by atoms with Crippen molar-refractivity contribution in [1.29, 1.82) is 0 Å². The molecular formula is C28H31NO6. The van der Waals surface area contributed by atoms with Crippen LogP contribution in [0.4, 0.5) is 0 Å². The van der Waals surface area contributed by atoms with E-state index in [0.717, 1.165) is 16.9 Å². The van der Waals surface area contributed by atoms with Gasteiger partial charge in [-0.15, -0.1) is 0 Å². The summed E-state index contributed by atoms with van der Waals surface area (Å²) in [7, 11) is 3.03. The van der Waals surface area contributed by atoms with E-state index in [1.54, 1.807) is 24.1 Å². The molecule has 0 radical (unpaired) electrons. The molecule has 7 heteroatoms. The summed E-state index contributed by atoms with van der Waals surface area (Å²) in [5, 5.41) is 9.51. The maximum absolute atomic E-state index is 13.3. The van der Waals surface area contributed by atoms with Crippen molar-refractivity contribution in [3.8, 4) is 17.2 Å². The molecule has 0 atom stereocenters. The molecule has 0 spiro atoms. The number of carbonyl (C=O) groups is 2. The van der Waals surface area contributed by atoms with E-state index in [9.17, 15) is 14.7 Å². The molecule has 1 N–H and O–H groups in total. The van der Waals surface area contributed by atoms with Crippen LogP contribution in [0.5, 0.6) is 17.2 Å². The molecule has 0 aromatic heterocycles. The van der Waals surface area contributed by atoms with Gasteiger partial charge in [0, 0.05) is 13.1 Å². The SMILES string of the molecule is COc1ccc(CN(Cc2ccc(C(C)C)cc2)C(=O)COc2c(OC)cccc2C(=O)O)cc1. The number of carbonyl (C=O) groups excluding carboxylic acids is 1. The Labute approximate surface area is 205 Å². The topological polar surface area (TPSA) is 85.3 Å². The number of hydrogen-bond donors (Lipinski definition) is 1. The maximum atomic E-state index is 13.3. The largest absolute Gasteiger partial charge is 0.497 e. The van der Waals surface area contributed by atoms with Crippen LogP contribution in [-0.2, 0) is 17.9 Å². The number of ether oxygens (including phenoxy) is 3. The van der Waals surface area contributed by atoms with Gasteiger partial charge in [-0.2, -0.15) is 0 Å². The Morgan fingerprint density at radius 2 is 1.46 bits per heavy atom. The minimum absolute atomic E-state index is 0.0292. The first-order valence-corrected chi connectivity index (χ1v) is 11.3. The van der Waals surface area contributed by atoms with E-state index in [-0.39, 0.29) is 29.6 Å². The lowest BCUT2D eigenvalue weighted by Gasteiger charge is -2.24. The van der Waals surface area contributed by atoms with Crippen LogP contribution in [0.1, 0.15) is 46.8 Å². The monoisotopic (exact) mass is 477 g/mol. The van der Waals surface area contributed by atoms with Gasteiger partial charge >= 0.3 is 5.97 Å². The molecule has 35 heavy (non-hydrogen) atoms. The third-order valence-electron chi connectivity index (χ3n) is 5.67. The molecule has 0 heterocycles. The van der Waals surface area contributed by atoms with Crippen molar-refractivity contribution >= 4 is 11.9 Å². The number of benzene rings is 3. The minimum Gasteiger partial charge on any atom is -0.497 e. The maximum Gasteiger partial charge on any atom is 0.339 e. The van der Waals surface area contributed by atoms with Gasteiger partial charge in [0.25, 0.3) is 5.91 Å². The summed E-state index contributed by atoms with van der Waals surface area (Å²) in [6, 6.07) is 20.3. The third kappa shape index (κ3) is 6.76. The van der Waals surface area contributed by atoms with E-state index in [0.29, 0.717) is 19.0 Å². The Morgan fingerprint density at radius 3 is 1.97 bits per heavy atom. The number of rotatable bonds is 11. The van der Waals surface area contributed by atoms with Gasteiger partial charge in [-0.1, -0.05) is 56.3 Å². The van der Waals surface area contributed by atoms with E-state index in [4.69, 9.17) is 14.2 Å². The van der Waals surface area contributed by atoms with Gasteiger partial charge in [-0.3, -0.25) is 4.79 Å². The number of nitrogens with zero attached hydrogens (tertiary/aromatic N) is 1. The number of aromatic carboxylic acids is 1. The van der Waals surface area contributed by atoms with Gasteiger partial charge in [0.15, 0.2) is 18.1 Å². The van der Waals surface area contributed by atoms with Crippen molar-refractivity contribution < 1.29 is 28.9 Å². The fourth-order valence-corrected chi connectivity index (χ4v) is 3.63. The fraction of sp³-hybridized carbons (Fsp3) is 0.286. The highest BCUT2D eigenvalue weighted by atomic mass is 16.5. The molecule has 184 valence electrons. The van der Waals surface area contributed by atoms with Crippen LogP contribution in [0.25, 0.3) is 0 Å². The van der Waals surface area contributed by atoms with Crippen molar-refractivity contribution in [2.45, 2.75) is 32.9 Å². The van der Waals surface area contributed by atoms with Gasteiger partial charge in [0.2, 0.25) is 0 Å². The molecule has 0 aliphatic rings. The van der Waals surface area contributed by atoms with Crippen molar-refractivity contribution in [1.82, 2.24) is 4.90 Å². The Morgan fingerprint density at radius 1 is 0.857 bits per heavy atom. The Kier molecular flexibility index (Phi) is 8.73. The zero-order valence-corrected chi connectivity index (χ0v) is 20.5. The number of para-hydroxylation sites is 1. The molecule has 0 saturated carbocycles. The van der Waals surface area contributed by atoms with Crippen LogP contribution < -0.4 is 14.2 Å². The van der Waals surface area contributed by atoms with Gasteiger partial charge < -0.3 is 24.2 Å². The number of carboxylic acid groups (broad SMARTS) is 1. The lowest BCUT2D eigenvalue weighted by Crippen LogP contribution is -2.34. The zero-order chi connectivity index (χ0) is 25.4. The minimum atomic E-state index is -1.16. The van der Waals surface area contributed by atoms with E-state index >= 15 is 0 Å². The molecule has 0 unspecified atom stereocenters. The van der Waals surface area contributed by atoms with Gasteiger partial charge in [-0.25, -0.2) is 4.79 Å². The predicted octanol–water partition coefficient (Wildman–Crippen LogP) is 5.13. The van der Waals surface area contributed by atoms with Crippen LogP contribution in [0.15, 0.2) is 66.7 Å². The van der Waals surface area contributed by atoms with E-state index in [2.05, 4.69) is 26.0 Å². The summed E-state index contributed by atoms with van der Waals surface area (Å²) in [6.07, 6.45) is 0. The highest BCUT2D eigenvalue weighted by molar-refractivity contribution is 5.92. The van der Waals surface area contributed by atoms with Crippen molar-refractivity contribution in [2.75, 3.05) is 20.8 Å². The van der Waals surface area contributed by atoms with Crippen molar-refractivity contribution in [3.05, 3.63) is 89.0 Å². The molecule has 0 aliphatic carbocycles. The Bertz CT molecular complexity index is 1140. The summed E-state index contributed by atoms with van der Waals surface area (Å²) in [6.45, 7) is 4.67. The quantitative estimate of drug-likeness (QED) is 0.412. The van der Waals surface area contributed by atoms with Crippen LogP contribution in [0, 0.1) is 0 Å². The summed E-state index contributed by atoms with van der Waals surface area (Å²) in [5.41, 5.74) is 3.08.